The fourth-order valence-corrected chi connectivity index (χ4v) is 4.83. The number of imide groups is 1. The normalized spacial score (nSPS) is 18.7. The lowest BCUT2D eigenvalue weighted by molar-refractivity contribution is -0.131. The van der Waals surface area contributed by atoms with E-state index in [1.54, 1.807) is 19.1 Å². The molecule has 32 heavy (non-hydrogen) atoms. The zero-order valence-corrected chi connectivity index (χ0v) is 19.6. The minimum Gasteiger partial charge on any atom is -0.423 e. The van der Waals surface area contributed by atoms with Crippen LogP contribution in [-0.2, 0) is 16.9 Å². The van der Waals surface area contributed by atoms with E-state index in [1.165, 1.54) is 12.1 Å². The SMILES string of the molecule is Cc1cc2oc(=O)cc(CN3C(=O)NC(C)(c4ccc(Cl)cc4Cl)C3=O)c2cc1C(C)C. The predicted octanol–water partition coefficient (Wildman–Crippen LogP) is 5.50. The maximum absolute atomic E-state index is 13.4. The summed E-state index contributed by atoms with van der Waals surface area (Å²) in [4.78, 5) is 39.5. The van der Waals surface area contributed by atoms with E-state index in [1.807, 2.05) is 19.1 Å². The molecule has 6 nitrogen and oxygen atoms in total. The van der Waals surface area contributed by atoms with E-state index in [4.69, 9.17) is 27.6 Å². The molecule has 8 heteroatoms. The van der Waals surface area contributed by atoms with Crippen molar-refractivity contribution in [2.24, 2.45) is 0 Å². The number of carbonyl (C=O) groups is 2. The first kappa shape index (κ1) is 22.4. The number of urea groups is 1. The van der Waals surface area contributed by atoms with E-state index in [0.29, 0.717) is 27.1 Å². The topological polar surface area (TPSA) is 79.6 Å². The molecule has 1 aromatic heterocycles. The molecule has 0 spiro atoms. The third-order valence-corrected chi connectivity index (χ3v) is 6.46. The van der Waals surface area contributed by atoms with Crippen LogP contribution in [0.2, 0.25) is 10.0 Å². The molecule has 0 saturated carbocycles. The maximum atomic E-state index is 13.4. The van der Waals surface area contributed by atoms with Gasteiger partial charge in [-0.05, 0) is 60.7 Å². The second kappa shape index (κ2) is 7.94. The molecule has 3 aromatic rings. The zero-order valence-electron chi connectivity index (χ0n) is 18.1. The maximum Gasteiger partial charge on any atom is 0.336 e. The van der Waals surface area contributed by atoms with Crippen LogP contribution >= 0.6 is 23.2 Å². The Morgan fingerprint density at radius 3 is 2.47 bits per heavy atom. The van der Waals surface area contributed by atoms with E-state index in [9.17, 15) is 14.4 Å². The van der Waals surface area contributed by atoms with Crippen molar-refractivity contribution in [3.05, 3.63) is 79.1 Å². The Morgan fingerprint density at radius 1 is 1.09 bits per heavy atom. The van der Waals surface area contributed by atoms with Gasteiger partial charge in [0.15, 0.2) is 0 Å². The van der Waals surface area contributed by atoms with Gasteiger partial charge in [0.05, 0.1) is 6.54 Å². The number of amides is 3. The minimum atomic E-state index is -1.35. The first-order chi connectivity index (χ1) is 15.0. The highest BCUT2D eigenvalue weighted by Crippen LogP contribution is 2.36. The number of benzene rings is 2. The van der Waals surface area contributed by atoms with E-state index in [2.05, 4.69) is 19.2 Å². The van der Waals surface area contributed by atoms with Crippen molar-refractivity contribution in [1.29, 1.82) is 0 Å². The number of nitrogens with zero attached hydrogens (tertiary/aromatic N) is 1. The minimum absolute atomic E-state index is 0.0752. The highest BCUT2D eigenvalue weighted by molar-refractivity contribution is 6.35. The molecule has 1 N–H and O–H groups in total. The van der Waals surface area contributed by atoms with Crippen LogP contribution in [0.25, 0.3) is 11.0 Å². The molecule has 1 atom stereocenters. The van der Waals surface area contributed by atoms with Crippen LogP contribution in [0.1, 0.15) is 48.9 Å². The summed E-state index contributed by atoms with van der Waals surface area (Å²) in [5.41, 5.74) is 1.61. The molecule has 4 rings (SSSR count). The fourth-order valence-electron chi connectivity index (χ4n) is 4.23. The van der Waals surface area contributed by atoms with Crippen LogP contribution in [0, 0.1) is 6.92 Å². The Hall–Kier alpha value is -2.83. The Kier molecular flexibility index (Phi) is 5.55. The van der Waals surface area contributed by atoms with Crippen molar-refractivity contribution in [1.82, 2.24) is 10.2 Å². The van der Waals surface area contributed by atoms with Crippen molar-refractivity contribution in [3.8, 4) is 0 Å². The number of aryl methyl sites for hydroxylation is 1. The third-order valence-electron chi connectivity index (χ3n) is 5.91. The molecule has 3 amide bonds. The van der Waals surface area contributed by atoms with Gasteiger partial charge < -0.3 is 9.73 Å². The summed E-state index contributed by atoms with van der Waals surface area (Å²) in [7, 11) is 0. The molecule has 0 bridgehead atoms. The highest BCUT2D eigenvalue weighted by atomic mass is 35.5. The Balaban J connectivity index is 1.77. The smallest absolute Gasteiger partial charge is 0.336 e. The molecule has 2 aromatic carbocycles. The average molecular weight is 473 g/mol. The van der Waals surface area contributed by atoms with Gasteiger partial charge in [-0.2, -0.15) is 0 Å². The second-order valence-corrected chi connectivity index (χ2v) is 9.36. The van der Waals surface area contributed by atoms with Crippen molar-refractivity contribution in [2.45, 2.75) is 45.7 Å². The summed E-state index contributed by atoms with van der Waals surface area (Å²) in [5.74, 6) is -0.212. The van der Waals surface area contributed by atoms with E-state index in [0.717, 1.165) is 16.0 Å². The van der Waals surface area contributed by atoms with E-state index < -0.39 is 23.1 Å². The molecule has 1 fully saturated rings. The van der Waals surface area contributed by atoms with Gasteiger partial charge in [-0.15, -0.1) is 0 Å². The number of hydrogen-bond acceptors (Lipinski definition) is 4. The Labute approximate surface area is 195 Å². The molecule has 1 aliphatic rings. The predicted molar refractivity (Wildman–Crippen MR) is 124 cm³/mol. The van der Waals surface area contributed by atoms with Crippen LogP contribution in [0.4, 0.5) is 4.79 Å². The molecule has 1 unspecified atom stereocenters. The number of nitrogens with one attached hydrogen (secondary N) is 1. The summed E-state index contributed by atoms with van der Waals surface area (Å²) in [6.45, 7) is 7.63. The Morgan fingerprint density at radius 2 is 1.81 bits per heavy atom. The number of carbonyl (C=O) groups excluding carboxylic acids is 2. The van der Waals surface area contributed by atoms with Crippen molar-refractivity contribution < 1.29 is 14.0 Å². The second-order valence-electron chi connectivity index (χ2n) is 8.52. The summed E-state index contributed by atoms with van der Waals surface area (Å²) in [6.07, 6.45) is 0. The molecule has 166 valence electrons. The van der Waals surface area contributed by atoms with E-state index >= 15 is 0 Å². The molecular weight excluding hydrogens is 451 g/mol. The van der Waals surface area contributed by atoms with Gasteiger partial charge in [0, 0.05) is 27.1 Å². The van der Waals surface area contributed by atoms with Gasteiger partial charge in [0.25, 0.3) is 5.91 Å². The van der Waals surface area contributed by atoms with Crippen LogP contribution in [-0.4, -0.2) is 16.8 Å². The van der Waals surface area contributed by atoms with Crippen LogP contribution in [0.15, 0.2) is 45.6 Å². The number of rotatable bonds is 4. The third kappa shape index (κ3) is 3.67. The molecule has 0 aliphatic carbocycles. The molecule has 1 saturated heterocycles. The van der Waals surface area contributed by atoms with Gasteiger partial charge in [-0.1, -0.05) is 43.1 Å². The lowest BCUT2D eigenvalue weighted by atomic mass is 9.91. The van der Waals surface area contributed by atoms with Gasteiger partial charge in [-0.3, -0.25) is 9.69 Å². The van der Waals surface area contributed by atoms with Gasteiger partial charge in [0.2, 0.25) is 0 Å². The number of fused-ring (bicyclic) bond motifs is 1. The van der Waals surface area contributed by atoms with Crippen LogP contribution in [0.5, 0.6) is 0 Å². The first-order valence-electron chi connectivity index (χ1n) is 10.2. The van der Waals surface area contributed by atoms with Crippen molar-refractivity contribution in [3.63, 3.8) is 0 Å². The zero-order chi connectivity index (χ0) is 23.4. The van der Waals surface area contributed by atoms with E-state index in [-0.39, 0.29) is 17.5 Å². The molecule has 0 radical (unpaired) electrons. The lowest BCUT2D eigenvalue weighted by Crippen LogP contribution is -2.41. The number of halogens is 2. The summed E-state index contributed by atoms with van der Waals surface area (Å²) in [6, 6.07) is 9.30. The fraction of sp³-hybridized carbons (Fsp3) is 0.292. The molecule has 1 aliphatic heterocycles. The van der Waals surface area contributed by atoms with Gasteiger partial charge in [-0.25, -0.2) is 9.59 Å². The first-order valence-corrected chi connectivity index (χ1v) is 10.9. The van der Waals surface area contributed by atoms with Gasteiger partial charge >= 0.3 is 11.7 Å². The van der Waals surface area contributed by atoms with Crippen molar-refractivity contribution in [2.75, 3.05) is 0 Å². The van der Waals surface area contributed by atoms with Gasteiger partial charge in [0.1, 0.15) is 11.1 Å². The van der Waals surface area contributed by atoms with Crippen LogP contribution < -0.4 is 10.9 Å². The monoisotopic (exact) mass is 472 g/mol. The lowest BCUT2D eigenvalue weighted by Gasteiger charge is -2.23. The summed E-state index contributed by atoms with van der Waals surface area (Å²) < 4.78 is 5.38. The van der Waals surface area contributed by atoms with Crippen LogP contribution in [0.3, 0.4) is 0 Å². The highest BCUT2D eigenvalue weighted by Gasteiger charge is 2.50. The largest absolute Gasteiger partial charge is 0.423 e. The number of hydrogen-bond donors (Lipinski definition) is 1. The molecule has 2 heterocycles. The standard InChI is InChI=1S/C24H22Cl2N2O4/c1-12(2)16-10-17-14(8-21(29)32-20(17)7-13(16)3)11-28-22(30)24(4,27-23(28)31)18-6-5-15(25)9-19(18)26/h5-10,12H,11H2,1-4H3,(H,27,31). The summed E-state index contributed by atoms with van der Waals surface area (Å²) >= 11 is 12.3. The average Bonchev–Trinajstić information content (AvgIpc) is 2.90. The Bertz CT molecular complexity index is 1330. The summed E-state index contributed by atoms with van der Waals surface area (Å²) in [5, 5.41) is 4.13. The quantitative estimate of drug-likeness (QED) is 0.401. The molecular formula is C24H22Cl2N2O4. The van der Waals surface area contributed by atoms with Crippen molar-refractivity contribution >= 4 is 46.1 Å².